The third-order valence-electron chi connectivity index (χ3n) is 6.95. The van der Waals surface area contributed by atoms with Gasteiger partial charge in [-0.1, -0.05) is 20.8 Å². The van der Waals surface area contributed by atoms with E-state index in [2.05, 4.69) is 18.9 Å². The molecule has 0 aromatic carbocycles. The van der Waals surface area contributed by atoms with Gasteiger partial charge in [0.05, 0.1) is 25.7 Å². The smallest absolute Gasteiger partial charge is 0.443 e. The molecule has 1 aliphatic rings. The Bertz CT molecular complexity index is 1370. The Morgan fingerprint density at radius 2 is 1.55 bits per heavy atom. The van der Waals surface area contributed by atoms with Crippen molar-refractivity contribution in [2.45, 2.75) is 71.8 Å². The Labute approximate surface area is 267 Å². The lowest BCUT2D eigenvalue weighted by Gasteiger charge is -2.31. The van der Waals surface area contributed by atoms with Crippen molar-refractivity contribution in [3.63, 3.8) is 0 Å². The van der Waals surface area contributed by atoms with Gasteiger partial charge in [0.15, 0.2) is 18.6 Å². The molecule has 1 aliphatic heterocycles. The molecule has 1 aromatic heterocycles. The van der Waals surface area contributed by atoms with Crippen molar-refractivity contribution in [3.05, 3.63) is 33.1 Å². The van der Waals surface area contributed by atoms with E-state index in [1.54, 1.807) is 20.8 Å². The number of hydrogen-bond acceptors (Lipinski definition) is 17. The van der Waals surface area contributed by atoms with Crippen molar-refractivity contribution in [1.82, 2.24) is 9.13 Å². The summed E-state index contributed by atoms with van der Waals surface area (Å²) in [5, 5.41) is 22.2. The number of phosphoric acid groups is 1. The summed E-state index contributed by atoms with van der Waals surface area (Å²) in [5.41, 5.74) is -7.10. The minimum atomic E-state index is -4.96. The summed E-state index contributed by atoms with van der Waals surface area (Å²) < 4.78 is 72.9. The SMILES string of the molecule is CCOC(=O)OCOP(=O)(OCOC(=O)OCC)OC[C@@]1(CF)O[C@@H](n2ccc(=O)n(COC(=O)C(C)C(C)C)c2=O)[C@](C)(O)[C@@H]1O. The van der Waals surface area contributed by atoms with Gasteiger partial charge < -0.3 is 38.6 Å². The average molecular weight is 703 g/mol. The van der Waals surface area contributed by atoms with E-state index in [0.717, 1.165) is 19.2 Å². The minimum Gasteiger partial charge on any atom is -0.443 e. The highest BCUT2D eigenvalue weighted by Crippen LogP contribution is 2.52. The van der Waals surface area contributed by atoms with Gasteiger partial charge >= 0.3 is 31.8 Å². The first-order valence-electron chi connectivity index (χ1n) is 14.2. The van der Waals surface area contributed by atoms with Crippen molar-refractivity contribution < 1.29 is 75.5 Å². The zero-order valence-corrected chi connectivity index (χ0v) is 27.5. The molecule has 1 unspecified atom stereocenters. The van der Waals surface area contributed by atoms with E-state index < -0.39 is 100 Å². The van der Waals surface area contributed by atoms with Gasteiger partial charge in [0.2, 0.25) is 13.6 Å². The Morgan fingerprint density at radius 1 is 1.00 bits per heavy atom. The lowest BCUT2D eigenvalue weighted by atomic mass is 9.88. The fourth-order valence-corrected chi connectivity index (χ4v) is 4.89. The lowest BCUT2D eigenvalue weighted by molar-refractivity contribution is -0.154. The molecule has 2 N–H and O–H groups in total. The number of hydrogen-bond donors (Lipinski definition) is 2. The molecule has 0 aliphatic carbocycles. The quantitative estimate of drug-likeness (QED) is 0.101. The van der Waals surface area contributed by atoms with E-state index >= 15 is 0 Å². The number of rotatable bonds is 17. The first-order chi connectivity index (χ1) is 22.0. The van der Waals surface area contributed by atoms with E-state index in [4.69, 9.17) is 23.0 Å². The molecular weight excluding hydrogens is 662 g/mol. The van der Waals surface area contributed by atoms with Crippen LogP contribution in [0.3, 0.4) is 0 Å². The number of aliphatic hydroxyl groups is 2. The number of halogens is 1. The maximum atomic E-state index is 14.7. The summed E-state index contributed by atoms with van der Waals surface area (Å²) in [5.74, 6) is -1.36. The van der Waals surface area contributed by atoms with Crippen LogP contribution in [0.5, 0.6) is 0 Å². The monoisotopic (exact) mass is 702 g/mol. The van der Waals surface area contributed by atoms with Crippen molar-refractivity contribution in [1.29, 1.82) is 0 Å². The summed E-state index contributed by atoms with van der Waals surface area (Å²) in [7, 11) is -4.96. The molecule has 268 valence electrons. The standard InChI is InChI=1S/C26H40FN2O17P/c1-7-38-23(34)41-14-44-47(37,45-15-42-24(35)39-8-2)43-12-26(11-27)20(32)25(6,36)21(46-26)28-10-9-18(30)29(22(28)33)13-40-19(31)17(5)16(3)4/h9-10,16-17,20-21,32,36H,7-8,11-15H2,1-6H3/t17?,20-,21+,25+,26+/m0/s1. The fraction of sp³-hybridized carbons (Fsp3) is 0.731. The molecule has 19 nitrogen and oxygen atoms in total. The summed E-state index contributed by atoms with van der Waals surface area (Å²) in [6.45, 7) is 3.09. The minimum absolute atomic E-state index is 0.0741. The van der Waals surface area contributed by atoms with Crippen LogP contribution >= 0.6 is 7.82 Å². The number of alkyl halides is 1. The Balaban J connectivity index is 2.33. The molecule has 2 heterocycles. The largest absolute Gasteiger partial charge is 0.510 e. The molecule has 0 radical (unpaired) electrons. The Kier molecular flexibility index (Phi) is 14.5. The first kappa shape index (κ1) is 39.8. The molecule has 5 atom stereocenters. The molecule has 47 heavy (non-hydrogen) atoms. The molecule has 2 rings (SSSR count). The van der Waals surface area contributed by atoms with Crippen LogP contribution in [-0.2, 0) is 58.1 Å². The van der Waals surface area contributed by atoms with Gasteiger partial charge in [-0.05, 0) is 26.7 Å². The van der Waals surface area contributed by atoms with Crippen LogP contribution < -0.4 is 11.2 Å². The molecule has 1 fully saturated rings. The molecular formula is C26H40FN2O17P. The van der Waals surface area contributed by atoms with Crippen LogP contribution in [-0.4, -0.2) is 95.0 Å². The summed E-state index contributed by atoms with van der Waals surface area (Å²) >= 11 is 0. The average Bonchev–Trinajstić information content (AvgIpc) is 3.20. The fourth-order valence-electron chi connectivity index (χ4n) is 3.93. The maximum Gasteiger partial charge on any atom is 0.510 e. The summed E-state index contributed by atoms with van der Waals surface area (Å²) in [6.07, 6.45) is -5.67. The van der Waals surface area contributed by atoms with Crippen LogP contribution in [0.15, 0.2) is 21.9 Å². The highest BCUT2D eigenvalue weighted by Gasteiger charge is 2.63. The second-order valence-electron chi connectivity index (χ2n) is 10.6. The number of esters is 1. The van der Waals surface area contributed by atoms with E-state index in [-0.39, 0.29) is 19.1 Å². The number of nitrogens with zero attached hydrogens (tertiary/aromatic N) is 2. The zero-order valence-electron chi connectivity index (χ0n) is 26.7. The number of carbonyl (C=O) groups is 3. The van der Waals surface area contributed by atoms with Crippen molar-refractivity contribution in [2.24, 2.45) is 11.8 Å². The summed E-state index contributed by atoms with van der Waals surface area (Å²) in [4.78, 5) is 61.0. The number of ether oxygens (including phenoxy) is 6. The van der Waals surface area contributed by atoms with Crippen LogP contribution in [0, 0.1) is 11.8 Å². The van der Waals surface area contributed by atoms with Crippen molar-refractivity contribution in [2.75, 3.05) is 40.1 Å². The van der Waals surface area contributed by atoms with Gasteiger partial charge in [0.1, 0.15) is 18.4 Å². The van der Waals surface area contributed by atoms with E-state index in [9.17, 15) is 43.1 Å². The molecule has 0 amide bonds. The number of phosphoric ester groups is 1. The highest BCUT2D eigenvalue weighted by atomic mass is 31.2. The number of aromatic nitrogens is 2. The second-order valence-corrected chi connectivity index (χ2v) is 12.2. The van der Waals surface area contributed by atoms with E-state index in [1.807, 2.05) is 0 Å². The van der Waals surface area contributed by atoms with Crippen molar-refractivity contribution in [3.8, 4) is 0 Å². The van der Waals surface area contributed by atoms with E-state index in [0.29, 0.717) is 9.13 Å². The number of aliphatic hydroxyl groups excluding tert-OH is 1. The van der Waals surface area contributed by atoms with E-state index in [1.165, 1.54) is 13.8 Å². The van der Waals surface area contributed by atoms with Gasteiger partial charge in [-0.2, -0.15) is 0 Å². The normalized spacial score (nSPS) is 23.3. The molecule has 0 spiro atoms. The van der Waals surface area contributed by atoms with Gasteiger partial charge in [0.25, 0.3) is 5.56 Å². The molecule has 1 saturated heterocycles. The van der Waals surface area contributed by atoms with Gasteiger partial charge in [-0.25, -0.2) is 37.0 Å². The third-order valence-corrected chi connectivity index (χ3v) is 8.24. The molecule has 0 saturated carbocycles. The van der Waals surface area contributed by atoms with Gasteiger partial charge in [-0.15, -0.1) is 0 Å². The third kappa shape index (κ3) is 10.1. The van der Waals surface area contributed by atoms with Gasteiger partial charge in [0, 0.05) is 12.3 Å². The van der Waals surface area contributed by atoms with Crippen molar-refractivity contribution >= 4 is 26.1 Å². The van der Waals surface area contributed by atoms with Crippen LogP contribution in [0.1, 0.15) is 47.8 Å². The molecule has 0 bridgehead atoms. The zero-order chi connectivity index (χ0) is 35.6. The summed E-state index contributed by atoms with van der Waals surface area (Å²) in [6, 6.07) is 0.877. The molecule has 1 aromatic rings. The molecule has 21 heteroatoms. The first-order valence-corrected chi connectivity index (χ1v) is 15.7. The topological polar surface area (TPSA) is 236 Å². The van der Waals surface area contributed by atoms with Crippen LogP contribution in [0.25, 0.3) is 0 Å². The lowest BCUT2D eigenvalue weighted by Crippen LogP contribution is -2.53. The number of carbonyl (C=O) groups excluding carboxylic acids is 3. The second kappa shape index (κ2) is 17.1. The van der Waals surface area contributed by atoms with Gasteiger partial charge in [-0.3, -0.25) is 18.7 Å². The van der Waals surface area contributed by atoms with Crippen LogP contribution in [0.2, 0.25) is 0 Å². The predicted molar refractivity (Wildman–Crippen MR) is 152 cm³/mol. The Morgan fingerprint density at radius 3 is 2.04 bits per heavy atom. The maximum absolute atomic E-state index is 14.7. The predicted octanol–water partition coefficient (Wildman–Crippen LogP) is 1.57. The van der Waals surface area contributed by atoms with Crippen LogP contribution in [0.4, 0.5) is 14.0 Å². The highest BCUT2D eigenvalue weighted by molar-refractivity contribution is 7.48. The Hall–Kier alpha value is -3.39.